The number of aliphatic hydroxyl groups excluding tert-OH is 1. The van der Waals surface area contributed by atoms with Crippen molar-refractivity contribution in [3.8, 4) is 6.07 Å². The summed E-state index contributed by atoms with van der Waals surface area (Å²) in [5.74, 6) is 0.0133. The van der Waals surface area contributed by atoms with Crippen LogP contribution in [0.5, 0.6) is 0 Å². The second kappa shape index (κ2) is 8.20. The fourth-order valence-corrected chi connectivity index (χ4v) is 2.45. The summed E-state index contributed by atoms with van der Waals surface area (Å²) >= 11 is 0. The molecule has 24 heavy (non-hydrogen) atoms. The number of benzene rings is 2. The first-order valence-corrected chi connectivity index (χ1v) is 7.65. The van der Waals surface area contributed by atoms with Crippen LogP contribution in [0.25, 0.3) is 0 Å². The Hall–Kier alpha value is -2.75. The minimum atomic E-state index is -0.603. The lowest BCUT2D eigenvalue weighted by Crippen LogP contribution is -2.25. The standard InChI is InChI=1S/C18H19N3O3/c1-13(11-20-12-18(22)14-5-3-2-4-6-14)15-7-8-16(10-19)17(9-15)21(23)24/h2-9,13,18,20,22H,11-12H2,1H3. The molecule has 0 fully saturated rings. The number of nitro benzene ring substituents is 1. The van der Waals surface area contributed by atoms with Crippen LogP contribution in [-0.4, -0.2) is 23.1 Å². The van der Waals surface area contributed by atoms with Gasteiger partial charge in [0.2, 0.25) is 0 Å². The van der Waals surface area contributed by atoms with Gasteiger partial charge >= 0.3 is 0 Å². The summed E-state index contributed by atoms with van der Waals surface area (Å²) in [5.41, 5.74) is 1.50. The lowest BCUT2D eigenvalue weighted by molar-refractivity contribution is -0.385. The molecular weight excluding hydrogens is 306 g/mol. The molecule has 0 aliphatic carbocycles. The molecule has 0 heterocycles. The third-order valence-electron chi connectivity index (χ3n) is 3.88. The van der Waals surface area contributed by atoms with Crippen molar-refractivity contribution in [1.29, 1.82) is 5.26 Å². The van der Waals surface area contributed by atoms with E-state index in [4.69, 9.17) is 5.26 Å². The molecule has 124 valence electrons. The van der Waals surface area contributed by atoms with E-state index in [9.17, 15) is 15.2 Å². The maximum atomic E-state index is 11.0. The number of hydrogen-bond acceptors (Lipinski definition) is 5. The van der Waals surface area contributed by atoms with Gasteiger partial charge in [-0.3, -0.25) is 10.1 Å². The molecule has 2 N–H and O–H groups in total. The Labute approximate surface area is 140 Å². The first kappa shape index (κ1) is 17.6. The number of nitrogens with zero attached hydrogens (tertiary/aromatic N) is 2. The van der Waals surface area contributed by atoms with Gasteiger partial charge in [-0.05, 0) is 23.1 Å². The zero-order valence-electron chi connectivity index (χ0n) is 13.3. The van der Waals surface area contributed by atoms with Gasteiger partial charge in [-0.15, -0.1) is 0 Å². The summed E-state index contributed by atoms with van der Waals surface area (Å²) in [4.78, 5) is 10.5. The number of aliphatic hydroxyl groups is 1. The quantitative estimate of drug-likeness (QED) is 0.602. The van der Waals surface area contributed by atoms with Gasteiger partial charge in [0, 0.05) is 19.2 Å². The van der Waals surface area contributed by atoms with E-state index in [1.807, 2.05) is 43.3 Å². The highest BCUT2D eigenvalue weighted by Crippen LogP contribution is 2.24. The van der Waals surface area contributed by atoms with E-state index in [2.05, 4.69) is 5.32 Å². The predicted molar refractivity (Wildman–Crippen MR) is 90.5 cm³/mol. The van der Waals surface area contributed by atoms with E-state index < -0.39 is 11.0 Å². The van der Waals surface area contributed by atoms with E-state index in [-0.39, 0.29) is 17.2 Å². The van der Waals surface area contributed by atoms with Gasteiger partial charge in [-0.25, -0.2) is 0 Å². The van der Waals surface area contributed by atoms with Crippen LogP contribution in [0.15, 0.2) is 48.5 Å². The van der Waals surface area contributed by atoms with E-state index in [1.165, 1.54) is 12.1 Å². The Morgan fingerprint density at radius 1 is 1.21 bits per heavy atom. The minimum absolute atomic E-state index is 0.0133. The first-order valence-electron chi connectivity index (χ1n) is 7.65. The lowest BCUT2D eigenvalue weighted by Gasteiger charge is -2.16. The summed E-state index contributed by atoms with van der Waals surface area (Å²) in [6.07, 6.45) is -0.603. The maximum absolute atomic E-state index is 11.0. The highest BCUT2D eigenvalue weighted by Gasteiger charge is 2.17. The predicted octanol–water partition coefficient (Wildman–Crippen LogP) is 2.89. The van der Waals surface area contributed by atoms with Crippen molar-refractivity contribution in [3.05, 3.63) is 75.3 Å². The van der Waals surface area contributed by atoms with E-state index in [1.54, 1.807) is 6.07 Å². The SMILES string of the molecule is CC(CNCC(O)c1ccccc1)c1ccc(C#N)c([N+](=O)[O-])c1. The van der Waals surface area contributed by atoms with Crippen LogP contribution in [-0.2, 0) is 0 Å². The van der Waals surface area contributed by atoms with Crippen molar-refractivity contribution in [2.24, 2.45) is 0 Å². The number of hydrogen-bond donors (Lipinski definition) is 2. The van der Waals surface area contributed by atoms with E-state index in [0.29, 0.717) is 13.1 Å². The molecule has 0 radical (unpaired) electrons. The highest BCUT2D eigenvalue weighted by atomic mass is 16.6. The Morgan fingerprint density at radius 2 is 1.92 bits per heavy atom. The fraction of sp³-hybridized carbons (Fsp3) is 0.278. The fourth-order valence-electron chi connectivity index (χ4n) is 2.45. The van der Waals surface area contributed by atoms with Crippen LogP contribution < -0.4 is 5.32 Å². The van der Waals surface area contributed by atoms with Crippen LogP contribution in [0.4, 0.5) is 5.69 Å². The average molecular weight is 325 g/mol. The number of rotatable bonds is 7. The van der Waals surface area contributed by atoms with Crippen molar-refractivity contribution in [3.63, 3.8) is 0 Å². The summed E-state index contributed by atoms with van der Waals surface area (Å²) in [7, 11) is 0. The van der Waals surface area contributed by atoms with Crippen molar-refractivity contribution < 1.29 is 10.0 Å². The van der Waals surface area contributed by atoms with Crippen LogP contribution in [0, 0.1) is 21.4 Å². The van der Waals surface area contributed by atoms with Crippen molar-refractivity contribution >= 4 is 5.69 Å². The van der Waals surface area contributed by atoms with E-state index >= 15 is 0 Å². The molecule has 0 spiro atoms. The van der Waals surface area contributed by atoms with Crippen molar-refractivity contribution in [2.45, 2.75) is 18.9 Å². The zero-order valence-corrected chi connectivity index (χ0v) is 13.3. The largest absolute Gasteiger partial charge is 0.387 e. The third kappa shape index (κ3) is 4.38. The summed E-state index contributed by atoms with van der Waals surface area (Å²) in [5, 5.41) is 33.2. The van der Waals surface area contributed by atoms with Crippen molar-refractivity contribution in [2.75, 3.05) is 13.1 Å². The van der Waals surface area contributed by atoms with Gasteiger partial charge in [0.25, 0.3) is 5.69 Å². The molecule has 0 aliphatic rings. The second-order valence-electron chi connectivity index (χ2n) is 5.63. The Balaban J connectivity index is 1.95. The molecule has 6 nitrogen and oxygen atoms in total. The summed E-state index contributed by atoms with van der Waals surface area (Å²) in [6.45, 7) is 2.90. The topological polar surface area (TPSA) is 99.2 Å². The monoisotopic (exact) mass is 325 g/mol. The molecule has 0 bridgehead atoms. The Morgan fingerprint density at radius 3 is 2.54 bits per heavy atom. The zero-order chi connectivity index (χ0) is 17.5. The number of nitriles is 1. The molecule has 2 rings (SSSR count). The number of nitrogens with one attached hydrogen (secondary N) is 1. The van der Waals surface area contributed by atoms with Crippen LogP contribution in [0.2, 0.25) is 0 Å². The van der Waals surface area contributed by atoms with Gasteiger partial charge < -0.3 is 10.4 Å². The molecule has 2 unspecified atom stereocenters. The molecule has 2 atom stereocenters. The molecule has 6 heteroatoms. The molecule has 0 amide bonds. The minimum Gasteiger partial charge on any atom is -0.387 e. The van der Waals surface area contributed by atoms with Gasteiger partial charge in [0.05, 0.1) is 11.0 Å². The second-order valence-corrected chi connectivity index (χ2v) is 5.63. The van der Waals surface area contributed by atoms with Gasteiger partial charge in [-0.1, -0.05) is 43.3 Å². The maximum Gasteiger partial charge on any atom is 0.287 e. The van der Waals surface area contributed by atoms with Crippen molar-refractivity contribution in [1.82, 2.24) is 5.32 Å². The lowest BCUT2D eigenvalue weighted by atomic mass is 9.98. The van der Waals surface area contributed by atoms with Gasteiger partial charge in [0.15, 0.2) is 0 Å². The molecule has 2 aromatic carbocycles. The van der Waals surface area contributed by atoms with Crippen LogP contribution in [0.3, 0.4) is 0 Å². The summed E-state index contributed by atoms with van der Waals surface area (Å²) < 4.78 is 0. The van der Waals surface area contributed by atoms with Gasteiger partial charge in [0.1, 0.15) is 11.6 Å². The average Bonchev–Trinajstić information content (AvgIpc) is 2.61. The van der Waals surface area contributed by atoms with Crippen LogP contribution in [0.1, 0.15) is 35.6 Å². The molecule has 2 aromatic rings. The Kier molecular flexibility index (Phi) is 6.01. The summed E-state index contributed by atoms with van der Waals surface area (Å²) in [6, 6.07) is 15.8. The molecule has 0 aromatic heterocycles. The first-order chi connectivity index (χ1) is 11.5. The normalized spacial score (nSPS) is 13.0. The van der Waals surface area contributed by atoms with Crippen LogP contribution >= 0.6 is 0 Å². The number of nitro groups is 1. The Bertz CT molecular complexity index is 741. The molecule has 0 saturated heterocycles. The third-order valence-corrected chi connectivity index (χ3v) is 3.88. The molecule has 0 saturated carbocycles. The van der Waals surface area contributed by atoms with E-state index in [0.717, 1.165) is 11.1 Å². The molecule has 0 aliphatic heterocycles. The molecular formula is C18H19N3O3. The smallest absolute Gasteiger partial charge is 0.287 e. The van der Waals surface area contributed by atoms with Gasteiger partial charge in [-0.2, -0.15) is 5.26 Å². The highest BCUT2D eigenvalue weighted by molar-refractivity contribution is 5.51.